The molecule has 4 nitrogen and oxygen atoms in total. The normalized spacial score (nSPS) is 12.5. The topological polar surface area (TPSA) is 52.6 Å². The van der Waals surface area contributed by atoms with Gasteiger partial charge >= 0.3 is 0 Å². The third-order valence-electron chi connectivity index (χ3n) is 3.40. The van der Waals surface area contributed by atoms with Crippen LogP contribution in [0.15, 0.2) is 18.2 Å². The molecule has 0 spiro atoms. The maximum absolute atomic E-state index is 12.1. The van der Waals surface area contributed by atoms with Crippen molar-refractivity contribution in [3.63, 3.8) is 0 Å². The molecule has 106 valence electrons. The van der Waals surface area contributed by atoms with E-state index >= 15 is 0 Å². The highest BCUT2D eigenvalue weighted by Gasteiger charge is 2.15. The zero-order valence-corrected chi connectivity index (χ0v) is 12.2. The van der Waals surface area contributed by atoms with Crippen molar-refractivity contribution in [3.8, 4) is 5.75 Å². The molecule has 0 heterocycles. The van der Waals surface area contributed by atoms with Crippen molar-refractivity contribution in [2.45, 2.75) is 32.7 Å². The van der Waals surface area contributed by atoms with Crippen molar-refractivity contribution in [1.29, 1.82) is 0 Å². The van der Waals surface area contributed by atoms with E-state index in [1.54, 1.807) is 25.1 Å². The number of carbonyl (C=O) groups is 1. The summed E-state index contributed by atoms with van der Waals surface area (Å²) in [6.07, 6.45) is 2.14. The summed E-state index contributed by atoms with van der Waals surface area (Å²) in [5.41, 5.74) is 1.16. The first kappa shape index (κ1) is 15.5. The Labute approximate surface area is 115 Å². The van der Waals surface area contributed by atoms with Gasteiger partial charge < -0.3 is 15.3 Å². The summed E-state index contributed by atoms with van der Waals surface area (Å²) in [5, 5.41) is 12.6. The third-order valence-corrected chi connectivity index (χ3v) is 3.40. The number of hydrogen-bond donors (Lipinski definition) is 2. The van der Waals surface area contributed by atoms with E-state index in [-0.39, 0.29) is 11.7 Å². The first-order chi connectivity index (χ1) is 8.97. The van der Waals surface area contributed by atoms with Crippen LogP contribution in [0.2, 0.25) is 0 Å². The molecule has 4 heteroatoms. The van der Waals surface area contributed by atoms with Gasteiger partial charge in [0.2, 0.25) is 0 Å². The Morgan fingerprint density at radius 2 is 2.11 bits per heavy atom. The molecule has 1 aromatic rings. The average Bonchev–Trinajstić information content (AvgIpc) is 2.37. The first-order valence-corrected chi connectivity index (χ1v) is 6.70. The third kappa shape index (κ3) is 4.24. The molecule has 0 unspecified atom stereocenters. The number of amides is 1. The number of hydrogen-bond acceptors (Lipinski definition) is 3. The molecule has 2 N–H and O–H groups in total. The van der Waals surface area contributed by atoms with Crippen LogP contribution in [0.25, 0.3) is 0 Å². The molecule has 0 aromatic heterocycles. The number of phenols is 1. The number of likely N-dealkylation sites (N-methyl/N-ethyl adjacent to an activating group) is 1. The van der Waals surface area contributed by atoms with E-state index in [2.05, 4.69) is 17.1 Å². The molecule has 1 amide bonds. The second-order valence-corrected chi connectivity index (χ2v) is 5.07. The highest BCUT2D eigenvalue weighted by molar-refractivity contribution is 5.96. The lowest BCUT2D eigenvalue weighted by molar-refractivity contribution is 0.0939. The number of rotatable bonds is 6. The number of aromatic hydroxyl groups is 1. The van der Waals surface area contributed by atoms with E-state index in [0.717, 1.165) is 12.8 Å². The van der Waals surface area contributed by atoms with Crippen molar-refractivity contribution in [1.82, 2.24) is 10.2 Å². The summed E-state index contributed by atoms with van der Waals surface area (Å²) in [6.45, 7) is 4.51. The molecule has 0 aliphatic carbocycles. The van der Waals surface area contributed by atoms with Gasteiger partial charge in [-0.25, -0.2) is 0 Å². The number of phenolic OH excluding ortho intramolecular Hbond substituents is 1. The maximum atomic E-state index is 12.1. The lowest BCUT2D eigenvalue weighted by Crippen LogP contribution is -2.40. The van der Waals surface area contributed by atoms with Gasteiger partial charge in [0.1, 0.15) is 5.75 Å². The average molecular weight is 264 g/mol. The molecule has 1 aromatic carbocycles. The molecule has 0 saturated heterocycles. The molecule has 0 aliphatic rings. The smallest absolute Gasteiger partial charge is 0.251 e. The highest BCUT2D eigenvalue weighted by Crippen LogP contribution is 2.19. The standard InChI is InChI=1S/C15H24N2O2/c1-5-7-12(17(3)4)10-16-15(19)13-8-6-9-14(18)11(13)2/h6,8-9,12,18H,5,7,10H2,1-4H3,(H,16,19)/t12-/m0/s1. The SMILES string of the molecule is CCC[C@@H](CNC(=O)c1cccc(O)c1C)N(C)C. The quantitative estimate of drug-likeness (QED) is 0.828. The fourth-order valence-corrected chi connectivity index (χ4v) is 2.05. The molecule has 1 atom stereocenters. The molecule has 0 fully saturated rings. The zero-order valence-electron chi connectivity index (χ0n) is 12.2. The van der Waals surface area contributed by atoms with E-state index in [0.29, 0.717) is 23.7 Å². The Hall–Kier alpha value is -1.55. The van der Waals surface area contributed by atoms with Crippen molar-refractivity contribution in [2.75, 3.05) is 20.6 Å². The molecule has 0 bridgehead atoms. The van der Waals surface area contributed by atoms with E-state index in [1.807, 2.05) is 14.1 Å². The van der Waals surface area contributed by atoms with E-state index in [1.165, 1.54) is 0 Å². The molecular weight excluding hydrogens is 240 g/mol. The Morgan fingerprint density at radius 1 is 1.42 bits per heavy atom. The molecular formula is C15H24N2O2. The molecule has 0 saturated carbocycles. The lowest BCUT2D eigenvalue weighted by Gasteiger charge is -2.24. The molecule has 0 radical (unpaired) electrons. The molecule has 19 heavy (non-hydrogen) atoms. The highest BCUT2D eigenvalue weighted by atomic mass is 16.3. The Kier molecular flexibility index (Phi) is 5.83. The first-order valence-electron chi connectivity index (χ1n) is 6.70. The summed E-state index contributed by atoms with van der Waals surface area (Å²) in [5.74, 6) is 0.0294. The van der Waals surface area contributed by atoms with E-state index in [9.17, 15) is 9.90 Å². The minimum Gasteiger partial charge on any atom is -0.508 e. The van der Waals surface area contributed by atoms with Crippen LogP contribution >= 0.6 is 0 Å². The van der Waals surface area contributed by atoms with Gasteiger partial charge in [0, 0.05) is 23.7 Å². The van der Waals surface area contributed by atoms with Crippen LogP contribution in [0.3, 0.4) is 0 Å². The van der Waals surface area contributed by atoms with Gasteiger partial charge in [0.15, 0.2) is 0 Å². The summed E-state index contributed by atoms with van der Waals surface area (Å²) in [6, 6.07) is 5.35. The minimum atomic E-state index is -0.128. The maximum Gasteiger partial charge on any atom is 0.251 e. The summed E-state index contributed by atoms with van der Waals surface area (Å²) in [4.78, 5) is 14.2. The summed E-state index contributed by atoms with van der Waals surface area (Å²) < 4.78 is 0. The largest absolute Gasteiger partial charge is 0.508 e. The van der Waals surface area contributed by atoms with Crippen LogP contribution in [0, 0.1) is 6.92 Å². The Bertz CT molecular complexity index is 430. The van der Waals surface area contributed by atoms with Crippen LogP contribution in [-0.2, 0) is 0 Å². The van der Waals surface area contributed by atoms with Crippen LogP contribution in [0.5, 0.6) is 5.75 Å². The fraction of sp³-hybridized carbons (Fsp3) is 0.533. The second-order valence-electron chi connectivity index (χ2n) is 5.07. The lowest BCUT2D eigenvalue weighted by atomic mass is 10.1. The molecule has 0 aliphatic heterocycles. The number of nitrogens with zero attached hydrogens (tertiary/aromatic N) is 1. The van der Waals surface area contributed by atoms with Gasteiger partial charge in [0.25, 0.3) is 5.91 Å². The van der Waals surface area contributed by atoms with Gasteiger partial charge in [0.05, 0.1) is 0 Å². The van der Waals surface area contributed by atoms with Crippen molar-refractivity contribution in [3.05, 3.63) is 29.3 Å². The van der Waals surface area contributed by atoms with Crippen LogP contribution in [-0.4, -0.2) is 42.6 Å². The number of nitrogens with one attached hydrogen (secondary N) is 1. The minimum absolute atomic E-state index is 0.128. The van der Waals surface area contributed by atoms with Crippen molar-refractivity contribution >= 4 is 5.91 Å². The monoisotopic (exact) mass is 264 g/mol. The van der Waals surface area contributed by atoms with Crippen LogP contribution in [0.1, 0.15) is 35.7 Å². The number of carbonyl (C=O) groups excluding carboxylic acids is 1. The van der Waals surface area contributed by atoms with Crippen molar-refractivity contribution < 1.29 is 9.90 Å². The fourth-order valence-electron chi connectivity index (χ4n) is 2.05. The molecule has 1 rings (SSSR count). The van der Waals surface area contributed by atoms with E-state index < -0.39 is 0 Å². The van der Waals surface area contributed by atoms with Crippen LogP contribution < -0.4 is 5.32 Å². The van der Waals surface area contributed by atoms with Gasteiger partial charge in [-0.3, -0.25) is 4.79 Å². The number of benzene rings is 1. The summed E-state index contributed by atoms with van der Waals surface area (Å²) >= 11 is 0. The second kappa shape index (κ2) is 7.14. The Morgan fingerprint density at radius 3 is 2.68 bits per heavy atom. The van der Waals surface area contributed by atoms with Gasteiger partial charge in [-0.05, 0) is 39.6 Å². The van der Waals surface area contributed by atoms with E-state index in [4.69, 9.17) is 0 Å². The van der Waals surface area contributed by atoms with Gasteiger partial charge in [-0.1, -0.05) is 19.4 Å². The van der Waals surface area contributed by atoms with Gasteiger partial charge in [-0.2, -0.15) is 0 Å². The van der Waals surface area contributed by atoms with Gasteiger partial charge in [-0.15, -0.1) is 0 Å². The Balaban J connectivity index is 2.67. The predicted molar refractivity (Wildman–Crippen MR) is 77.6 cm³/mol. The summed E-state index contributed by atoms with van der Waals surface area (Å²) in [7, 11) is 4.04. The van der Waals surface area contributed by atoms with Crippen molar-refractivity contribution in [2.24, 2.45) is 0 Å². The predicted octanol–water partition coefficient (Wildman–Crippen LogP) is 2.16. The van der Waals surface area contributed by atoms with Crippen LogP contribution in [0.4, 0.5) is 0 Å². The zero-order chi connectivity index (χ0) is 14.4.